The van der Waals surface area contributed by atoms with E-state index in [4.69, 9.17) is 32.4 Å². The molecule has 0 radical (unpaired) electrons. The van der Waals surface area contributed by atoms with Crippen molar-refractivity contribution in [2.45, 2.75) is 19.6 Å². The largest absolute Gasteiger partial charge is 0.467 e. The number of hydrogen-bond acceptors (Lipinski definition) is 4. The quantitative estimate of drug-likeness (QED) is 0.845. The smallest absolute Gasteiger partial charge is 0.341 e. The Balaban J connectivity index is 1.94. The molecule has 2 rings (SSSR count). The summed E-state index contributed by atoms with van der Waals surface area (Å²) < 4.78 is 10.2. The highest BCUT2D eigenvalue weighted by Gasteiger charge is 2.22. The number of nitrogens with one attached hydrogen (secondary N) is 1. The maximum absolute atomic E-state index is 12.0. The topological polar surface area (TPSA) is 68.5 Å². The first-order valence-corrected chi connectivity index (χ1v) is 7.19. The zero-order chi connectivity index (χ0) is 16.1. The molecular weight excluding hydrogens is 329 g/mol. The zero-order valence-electron chi connectivity index (χ0n) is 11.6. The lowest BCUT2D eigenvalue weighted by Crippen LogP contribution is -2.35. The molecule has 0 saturated heterocycles. The maximum atomic E-state index is 12.0. The summed E-state index contributed by atoms with van der Waals surface area (Å²) in [5.74, 6) is -0.606. The molecule has 22 heavy (non-hydrogen) atoms. The Morgan fingerprint density at radius 3 is 2.50 bits per heavy atom. The molecule has 0 bridgehead atoms. The van der Waals surface area contributed by atoms with E-state index in [0.717, 1.165) is 0 Å². The van der Waals surface area contributed by atoms with Crippen LogP contribution in [0.4, 0.5) is 0 Å². The van der Waals surface area contributed by atoms with E-state index < -0.39 is 18.0 Å². The van der Waals surface area contributed by atoms with E-state index in [1.54, 1.807) is 18.2 Å². The van der Waals surface area contributed by atoms with Crippen molar-refractivity contribution in [3.05, 3.63) is 58.0 Å². The molecular formula is C15H13Cl2NO4. The molecule has 0 aliphatic carbocycles. The van der Waals surface area contributed by atoms with Gasteiger partial charge >= 0.3 is 5.97 Å². The van der Waals surface area contributed by atoms with Gasteiger partial charge in [0, 0.05) is 0 Å². The second kappa shape index (κ2) is 7.33. The number of ether oxygens (including phenoxy) is 1. The first-order chi connectivity index (χ1) is 10.5. The monoisotopic (exact) mass is 341 g/mol. The van der Waals surface area contributed by atoms with Gasteiger partial charge in [0.1, 0.15) is 5.76 Å². The number of esters is 1. The van der Waals surface area contributed by atoms with Gasteiger partial charge in [0.15, 0.2) is 6.10 Å². The van der Waals surface area contributed by atoms with E-state index in [-0.39, 0.29) is 22.2 Å². The number of halogens is 2. The van der Waals surface area contributed by atoms with Crippen LogP contribution in [-0.4, -0.2) is 18.0 Å². The van der Waals surface area contributed by atoms with Crippen molar-refractivity contribution in [2.24, 2.45) is 0 Å². The predicted octanol–water partition coefficient (Wildman–Crippen LogP) is 3.45. The Hall–Kier alpha value is -1.98. The lowest BCUT2D eigenvalue weighted by atomic mass is 10.2. The molecule has 0 fully saturated rings. The van der Waals surface area contributed by atoms with Crippen molar-refractivity contribution < 1.29 is 18.7 Å². The molecule has 2 aromatic rings. The Morgan fingerprint density at radius 1 is 1.23 bits per heavy atom. The minimum Gasteiger partial charge on any atom is -0.467 e. The number of carbonyl (C=O) groups is 2. The number of hydrogen-bond donors (Lipinski definition) is 1. The maximum Gasteiger partial charge on any atom is 0.341 e. The van der Waals surface area contributed by atoms with Crippen LogP contribution in [0.25, 0.3) is 0 Å². The molecule has 0 aliphatic rings. The number of furan rings is 1. The summed E-state index contributed by atoms with van der Waals surface area (Å²) in [5, 5.41) is 2.93. The van der Waals surface area contributed by atoms with Crippen LogP contribution in [0.15, 0.2) is 41.0 Å². The van der Waals surface area contributed by atoms with Crippen LogP contribution in [0.5, 0.6) is 0 Å². The van der Waals surface area contributed by atoms with Gasteiger partial charge in [-0.25, -0.2) is 4.79 Å². The first-order valence-electron chi connectivity index (χ1n) is 6.44. The van der Waals surface area contributed by atoms with Crippen LogP contribution < -0.4 is 5.32 Å². The van der Waals surface area contributed by atoms with Gasteiger partial charge in [-0.2, -0.15) is 0 Å². The second-order valence-electron chi connectivity index (χ2n) is 4.44. The number of carbonyl (C=O) groups excluding carboxylic acids is 2. The van der Waals surface area contributed by atoms with Crippen LogP contribution in [0, 0.1) is 0 Å². The molecule has 1 N–H and O–H groups in total. The van der Waals surface area contributed by atoms with Crippen molar-refractivity contribution in [3.63, 3.8) is 0 Å². The molecule has 1 amide bonds. The molecule has 1 aromatic heterocycles. The Kier molecular flexibility index (Phi) is 5.46. The summed E-state index contributed by atoms with van der Waals surface area (Å²) in [6.45, 7) is 1.67. The molecule has 1 heterocycles. The number of rotatable bonds is 5. The Bertz CT molecular complexity index is 650. The Morgan fingerprint density at radius 2 is 1.91 bits per heavy atom. The van der Waals surface area contributed by atoms with Gasteiger partial charge < -0.3 is 14.5 Å². The Labute approximate surface area is 137 Å². The highest BCUT2D eigenvalue weighted by Crippen LogP contribution is 2.25. The van der Waals surface area contributed by atoms with Gasteiger partial charge in [-0.3, -0.25) is 4.79 Å². The van der Waals surface area contributed by atoms with Gasteiger partial charge in [0.2, 0.25) is 0 Å². The standard InChI is InChI=1S/C15H13Cl2NO4/c1-9(14(19)18-8-10-4-3-7-21-10)22-15(20)13-11(16)5-2-6-12(13)17/h2-7,9H,8H2,1H3,(H,18,19)/t9-/m1/s1. The fraction of sp³-hybridized carbons (Fsp3) is 0.200. The average molecular weight is 342 g/mol. The predicted molar refractivity (Wildman–Crippen MR) is 81.9 cm³/mol. The van der Waals surface area contributed by atoms with Gasteiger partial charge in [0.05, 0.1) is 28.4 Å². The van der Waals surface area contributed by atoms with Gasteiger partial charge in [-0.05, 0) is 31.2 Å². The third kappa shape index (κ3) is 4.02. The summed E-state index contributed by atoms with van der Waals surface area (Å²) in [4.78, 5) is 23.9. The third-order valence-corrected chi connectivity index (χ3v) is 3.47. The van der Waals surface area contributed by atoms with Crippen LogP contribution >= 0.6 is 23.2 Å². The number of benzene rings is 1. The third-order valence-electron chi connectivity index (χ3n) is 2.84. The second-order valence-corrected chi connectivity index (χ2v) is 5.26. The van der Waals surface area contributed by atoms with Crippen molar-refractivity contribution in [1.29, 1.82) is 0 Å². The van der Waals surface area contributed by atoms with E-state index in [0.29, 0.717) is 5.76 Å². The molecule has 7 heteroatoms. The minimum absolute atomic E-state index is 0.0384. The van der Waals surface area contributed by atoms with E-state index in [1.165, 1.54) is 25.3 Å². The van der Waals surface area contributed by atoms with E-state index in [2.05, 4.69) is 5.32 Å². The van der Waals surface area contributed by atoms with Crippen molar-refractivity contribution in [3.8, 4) is 0 Å². The lowest BCUT2D eigenvalue weighted by molar-refractivity contribution is -0.129. The normalized spacial score (nSPS) is 11.8. The zero-order valence-corrected chi connectivity index (χ0v) is 13.1. The van der Waals surface area contributed by atoms with Gasteiger partial charge in [-0.15, -0.1) is 0 Å². The average Bonchev–Trinajstić information content (AvgIpc) is 2.97. The lowest BCUT2D eigenvalue weighted by Gasteiger charge is -2.14. The summed E-state index contributed by atoms with van der Waals surface area (Å²) >= 11 is 11.8. The molecule has 0 saturated carbocycles. The van der Waals surface area contributed by atoms with Crippen LogP contribution in [-0.2, 0) is 16.1 Å². The molecule has 116 valence electrons. The fourth-order valence-electron chi connectivity index (χ4n) is 1.70. The van der Waals surface area contributed by atoms with Gasteiger partial charge in [-0.1, -0.05) is 29.3 Å². The summed E-state index contributed by atoms with van der Waals surface area (Å²) in [6.07, 6.45) is 0.513. The molecule has 0 unspecified atom stereocenters. The SMILES string of the molecule is C[C@@H](OC(=O)c1c(Cl)cccc1Cl)C(=O)NCc1ccco1. The summed E-state index contributed by atoms with van der Waals surface area (Å²) in [6, 6.07) is 8.09. The first kappa shape index (κ1) is 16.4. The molecule has 5 nitrogen and oxygen atoms in total. The van der Waals surface area contributed by atoms with Crippen molar-refractivity contribution in [2.75, 3.05) is 0 Å². The van der Waals surface area contributed by atoms with Crippen molar-refractivity contribution >= 4 is 35.1 Å². The van der Waals surface area contributed by atoms with E-state index >= 15 is 0 Å². The van der Waals surface area contributed by atoms with E-state index in [1.807, 2.05) is 0 Å². The van der Waals surface area contributed by atoms with E-state index in [9.17, 15) is 9.59 Å². The summed E-state index contributed by atoms with van der Waals surface area (Å²) in [5.41, 5.74) is 0.0384. The van der Waals surface area contributed by atoms with Crippen molar-refractivity contribution in [1.82, 2.24) is 5.32 Å². The highest BCUT2D eigenvalue weighted by atomic mass is 35.5. The summed E-state index contributed by atoms with van der Waals surface area (Å²) in [7, 11) is 0. The van der Waals surface area contributed by atoms with Gasteiger partial charge in [0.25, 0.3) is 5.91 Å². The molecule has 0 aliphatic heterocycles. The highest BCUT2D eigenvalue weighted by molar-refractivity contribution is 6.39. The molecule has 0 spiro atoms. The van der Waals surface area contributed by atoms with Crippen LogP contribution in [0.3, 0.4) is 0 Å². The molecule has 1 aromatic carbocycles. The fourth-order valence-corrected chi connectivity index (χ4v) is 2.25. The molecule has 1 atom stereocenters. The van der Waals surface area contributed by atoms with Crippen LogP contribution in [0.1, 0.15) is 23.0 Å². The van der Waals surface area contributed by atoms with Crippen LogP contribution in [0.2, 0.25) is 10.0 Å². The number of amides is 1. The minimum atomic E-state index is -0.991.